The van der Waals surface area contributed by atoms with E-state index in [1.54, 1.807) is 29.2 Å². The third kappa shape index (κ3) is 4.10. The SMILES string of the molecule is O=C1CN(C(=S)Nc2ccc(S(=O)(=O)N3CCOCC3)cc2)c2ccccc2N1. The van der Waals surface area contributed by atoms with Crippen LogP contribution in [0.15, 0.2) is 53.4 Å². The molecule has 0 saturated carbocycles. The van der Waals surface area contributed by atoms with Crippen LogP contribution in [-0.4, -0.2) is 56.6 Å². The molecule has 2 aliphatic heterocycles. The van der Waals surface area contributed by atoms with Crippen LogP contribution in [0.2, 0.25) is 0 Å². The summed E-state index contributed by atoms with van der Waals surface area (Å²) in [6, 6.07) is 13.8. The van der Waals surface area contributed by atoms with E-state index in [1.807, 2.05) is 24.3 Å². The quantitative estimate of drug-likeness (QED) is 0.716. The lowest BCUT2D eigenvalue weighted by Crippen LogP contribution is -2.44. The van der Waals surface area contributed by atoms with Gasteiger partial charge in [0.05, 0.1) is 29.5 Å². The molecule has 0 spiro atoms. The first-order valence-corrected chi connectivity index (χ1v) is 11.0. The van der Waals surface area contributed by atoms with Crippen molar-refractivity contribution in [3.63, 3.8) is 0 Å². The Kier molecular flexibility index (Phi) is 5.50. The van der Waals surface area contributed by atoms with Gasteiger partial charge in [0.1, 0.15) is 6.54 Å². The molecule has 2 aromatic carbocycles. The molecule has 0 atom stereocenters. The van der Waals surface area contributed by atoms with Crippen LogP contribution in [0.1, 0.15) is 0 Å². The molecule has 0 radical (unpaired) electrons. The fourth-order valence-corrected chi connectivity index (χ4v) is 4.94. The minimum Gasteiger partial charge on any atom is -0.379 e. The summed E-state index contributed by atoms with van der Waals surface area (Å²) in [5.41, 5.74) is 2.13. The molecule has 4 rings (SSSR count). The zero-order chi connectivity index (χ0) is 20.4. The van der Waals surface area contributed by atoms with Gasteiger partial charge in [-0.1, -0.05) is 12.1 Å². The van der Waals surface area contributed by atoms with E-state index < -0.39 is 10.0 Å². The number of carbonyl (C=O) groups excluding carboxylic acids is 1. The molecule has 0 aromatic heterocycles. The Morgan fingerprint density at radius 3 is 2.48 bits per heavy atom. The van der Waals surface area contributed by atoms with E-state index in [4.69, 9.17) is 17.0 Å². The average Bonchev–Trinajstić information content (AvgIpc) is 2.74. The number of sulfonamides is 1. The zero-order valence-corrected chi connectivity index (χ0v) is 17.1. The van der Waals surface area contributed by atoms with Gasteiger partial charge in [0.25, 0.3) is 0 Å². The first kappa shape index (κ1) is 19.8. The van der Waals surface area contributed by atoms with Gasteiger partial charge in [0.15, 0.2) is 5.11 Å². The first-order chi connectivity index (χ1) is 13.9. The number of benzene rings is 2. The molecule has 2 N–H and O–H groups in total. The summed E-state index contributed by atoms with van der Waals surface area (Å²) in [5, 5.41) is 6.25. The number of para-hydroxylation sites is 2. The van der Waals surface area contributed by atoms with Gasteiger partial charge in [-0.25, -0.2) is 8.42 Å². The van der Waals surface area contributed by atoms with Crippen molar-refractivity contribution >= 4 is 50.3 Å². The summed E-state index contributed by atoms with van der Waals surface area (Å²) < 4.78 is 32.1. The van der Waals surface area contributed by atoms with Crippen molar-refractivity contribution in [1.82, 2.24) is 4.31 Å². The largest absolute Gasteiger partial charge is 0.379 e. The van der Waals surface area contributed by atoms with Gasteiger partial charge >= 0.3 is 0 Å². The number of anilines is 3. The predicted octanol–water partition coefficient (Wildman–Crippen LogP) is 1.86. The van der Waals surface area contributed by atoms with Crippen molar-refractivity contribution in [2.24, 2.45) is 0 Å². The number of rotatable bonds is 3. The van der Waals surface area contributed by atoms with Crippen LogP contribution in [0.25, 0.3) is 0 Å². The molecule has 2 aromatic rings. The van der Waals surface area contributed by atoms with Crippen LogP contribution >= 0.6 is 12.2 Å². The van der Waals surface area contributed by atoms with Gasteiger partial charge in [-0.2, -0.15) is 4.31 Å². The number of ether oxygens (including phenoxy) is 1. The van der Waals surface area contributed by atoms with Crippen molar-refractivity contribution in [2.75, 3.05) is 48.4 Å². The smallest absolute Gasteiger partial charge is 0.244 e. The van der Waals surface area contributed by atoms with Gasteiger partial charge in [-0.05, 0) is 48.6 Å². The number of hydrogen-bond donors (Lipinski definition) is 2. The normalized spacial score (nSPS) is 17.4. The minimum atomic E-state index is -3.55. The predicted molar refractivity (Wildman–Crippen MR) is 115 cm³/mol. The molecule has 8 nitrogen and oxygen atoms in total. The van der Waals surface area contributed by atoms with Gasteiger partial charge in [0, 0.05) is 18.8 Å². The van der Waals surface area contributed by atoms with Crippen LogP contribution in [0.5, 0.6) is 0 Å². The van der Waals surface area contributed by atoms with Gasteiger partial charge in [-0.15, -0.1) is 0 Å². The second kappa shape index (κ2) is 8.07. The van der Waals surface area contributed by atoms with E-state index >= 15 is 0 Å². The molecule has 0 unspecified atom stereocenters. The van der Waals surface area contributed by atoms with E-state index in [-0.39, 0.29) is 17.3 Å². The number of nitrogens with zero attached hydrogens (tertiary/aromatic N) is 2. The number of fused-ring (bicyclic) bond motifs is 1. The Hall–Kier alpha value is -2.53. The fourth-order valence-electron chi connectivity index (χ4n) is 3.25. The van der Waals surface area contributed by atoms with E-state index in [2.05, 4.69) is 10.6 Å². The number of morpholine rings is 1. The maximum absolute atomic E-state index is 12.7. The third-order valence-corrected chi connectivity index (χ3v) is 6.96. The van der Waals surface area contributed by atoms with Gasteiger partial charge < -0.3 is 20.3 Å². The minimum absolute atomic E-state index is 0.104. The molecule has 152 valence electrons. The maximum Gasteiger partial charge on any atom is 0.244 e. The van der Waals surface area contributed by atoms with E-state index in [0.717, 1.165) is 5.69 Å². The molecule has 29 heavy (non-hydrogen) atoms. The summed E-state index contributed by atoms with van der Waals surface area (Å²) in [5.74, 6) is -0.153. The lowest BCUT2D eigenvalue weighted by molar-refractivity contribution is -0.115. The Morgan fingerprint density at radius 1 is 1.07 bits per heavy atom. The number of carbonyl (C=O) groups is 1. The van der Waals surface area contributed by atoms with Crippen molar-refractivity contribution in [3.8, 4) is 0 Å². The zero-order valence-electron chi connectivity index (χ0n) is 15.5. The topological polar surface area (TPSA) is 91.0 Å². The van der Waals surface area contributed by atoms with Crippen molar-refractivity contribution in [3.05, 3.63) is 48.5 Å². The molecular weight excluding hydrogens is 412 g/mol. The number of thiocarbonyl (C=S) groups is 1. The monoisotopic (exact) mass is 432 g/mol. The molecule has 1 fully saturated rings. The summed E-state index contributed by atoms with van der Waals surface area (Å²) in [4.78, 5) is 13.9. The highest BCUT2D eigenvalue weighted by Crippen LogP contribution is 2.29. The Balaban J connectivity index is 1.49. The van der Waals surface area contributed by atoms with Crippen LogP contribution < -0.4 is 15.5 Å². The molecule has 2 heterocycles. The number of hydrogen-bond acceptors (Lipinski definition) is 5. The summed E-state index contributed by atoms with van der Waals surface area (Å²) in [6.45, 7) is 1.61. The fraction of sp³-hybridized carbons (Fsp3) is 0.263. The second-order valence-corrected chi connectivity index (χ2v) is 8.95. The summed E-state index contributed by atoms with van der Waals surface area (Å²) >= 11 is 5.49. The van der Waals surface area contributed by atoms with Crippen molar-refractivity contribution in [1.29, 1.82) is 0 Å². The van der Waals surface area contributed by atoms with Crippen molar-refractivity contribution in [2.45, 2.75) is 4.90 Å². The summed E-state index contributed by atoms with van der Waals surface area (Å²) in [6.07, 6.45) is 0. The van der Waals surface area contributed by atoms with Crippen LogP contribution in [0.4, 0.5) is 17.1 Å². The van der Waals surface area contributed by atoms with Crippen molar-refractivity contribution < 1.29 is 17.9 Å². The number of nitrogens with one attached hydrogen (secondary N) is 2. The number of amides is 1. The van der Waals surface area contributed by atoms with Gasteiger partial charge in [-0.3, -0.25) is 4.79 Å². The Labute approximate surface area is 174 Å². The maximum atomic E-state index is 12.7. The lowest BCUT2D eigenvalue weighted by atomic mass is 10.2. The van der Waals surface area contributed by atoms with Crippen LogP contribution in [-0.2, 0) is 19.6 Å². The molecule has 1 amide bonds. The summed E-state index contributed by atoms with van der Waals surface area (Å²) in [7, 11) is -3.55. The second-order valence-electron chi connectivity index (χ2n) is 6.62. The molecule has 0 bridgehead atoms. The third-order valence-electron chi connectivity index (χ3n) is 4.73. The van der Waals surface area contributed by atoms with Crippen LogP contribution in [0.3, 0.4) is 0 Å². The highest BCUT2D eigenvalue weighted by atomic mass is 32.2. The van der Waals surface area contributed by atoms with E-state index in [9.17, 15) is 13.2 Å². The Bertz CT molecular complexity index is 1030. The molecule has 0 aliphatic carbocycles. The Morgan fingerprint density at radius 2 is 1.76 bits per heavy atom. The van der Waals surface area contributed by atoms with E-state index in [1.165, 1.54) is 4.31 Å². The molecular formula is C19H20N4O4S2. The highest BCUT2D eigenvalue weighted by Gasteiger charge is 2.27. The van der Waals surface area contributed by atoms with Gasteiger partial charge in [0.2, 0.25) is 15.9 Å². The van der Waals surface area contributed by atoms with E-state index in [0.29, 0.717) is 42.8 Å². The molecule has 2 aliphatic rings. The van der Waals surface area contributed by atoms with Crippen LogP contribution in [0, 0.1) is 0 Å². The highest BCUT2D eigenvalue weighted by molar-refractivity contribution is 7.89. The standard InChI is InChI=1S/C19H20N4O4S2/c24-18-13-23(17-4-2-1-3-16(17)21-18)19(28)20-14-5-7-15(8-6-14)29(25,26)22-9-11-27-12-10-22/h1-8H,9-13H2,(H,20,28)(H,21,24). The molecule has 1 saturated heterocycles. The molecule has 10 heteroatoms. The first-order valence-electron chi connectivity index (χ1n) is 9.10. The lowest BCUT2D eigenvalue weighted by Gasteiger charge is -2.31. The average molecular weight is 433 g/mol.